The highest BCUT2D eigenvalue weighted by atomic mass is 16.5. The number of hydrogen-bond donors (Lipinski definition) is 1. The Labute approximate surface area is 109 Å². The number of hydrogen-bond acceptors (Lipinski definition) is 2. The summed E-state index contributed by atoms with van der Waals surface area (Å²) in [5, 5.41) is 8.38. The van der Waals surface area contributed by atoms with Crippen molar-refractivity contribution < 1.29 is 4.74 Å². The van der Waals surface area contributed by atoms with E-state index in [2.05, 4.69) is 4.90 Å². The summed E-state index contributed by atoms with van der Waals surface area (Å²) in [6.45, 7) is 4.61. The van der Waals surface area contributed by atoms with Gasteiger partial charge in [0.15, 0.2) is 0 Å². The molecule has 1 aliphatic heterocycles. The van der Waals surface area contributed by atoms with Gasteiger partial charge in [0.2, 0.25) is 0 Å². The lowest BCUT2D eigenvalue weighted by molar-refractivity contribution is 0.0972. The van der Waals surface area contributed by atoms with Gasteiger partial charge in [0.05, 0.1) is 0 Å². The monoisotopic (exact) mass is 246 g/mol. The Morgan fingerprint density at radius 2 is 1.89 bits per heavy atom. The van der Waals surface area contributed by atoms with Crippen molar-refractivity contribution in [3.05, 3.63) is 35.9 Å². The summed E-state index contributed by atoms with van der Waals surface area (Å²) in [7, 11) is 0. The third-order valence-corrected chi connectivity index (χ3v) is 3.38. The zero-order valence-electron chi connectivity index (χ0n) is 11.1. The maximum Gasteiger partial charge on any atom is 0.139 e. The molecule has 0 aliphatic carbocycles. The van der Waals surface area contributed by atoms with Crippen molar-refractivity contribution >= 4 is 5.84 Å². The highest BCUT2D eigenvalue weighted by Crippen LogP contribution is 2.22. The second-order valence-corrected chi connectivity index (χ2v) is 4.68. The van der Waals surface area contributed by atoms with Crippen LogP contribution in [0, 0.1) is 5.41 Å². The lowest BCUT2D eigenvalue weighted by atomic mass is 10.1. The molecule has 1 aromatic carbocycles. The van der Waals surface area contributed by atoms with E-state index < -0.39 is 0 Å². The fraction of sp³-hybridized carbons (Fsp3) is 0.533. The number of nitrogens with zero attached hydrogens (tertiary/aromatic N) is 1. The van der Waals surface area contributed by atoms with Gasteiger partial charge in [-0.15, -0.1) is 0 Å². The van der Waals surface area contributed by atoms with Crippen LogP contribution in [0.25, 0.3) is 0 Å². The topological polar surface area (TPSA) is 36.3 Å². The van der Waals surface area contributed by atoms with Crippen molar-refractivity contribution in [3.8, 4) is 0 Å². The molecule has 0 aromatic heterocycles. The summed E-state index contributed by atoms with van der Waals surface area (Å²) >= 11 is 0. The number of amidine groups is 1. The van der Waals surface area contributed by atoms with E-state index >= 15 is 0 Å². The van der Waals surface area contributed by atoms with E-state index in [1.807, 2.05) is 37.3 Å². The lowest BCUT2D eigenvalue weighted by Crippen LogP contribution is -2.39. The van der Waals surface area contributed by atoms with Crippen LogP contribution < -0.4 is 0 Å². The first-order valence-corrected chi connectivity index (χ1v) is 6.83. The minimum Gasteiger partial charge on any atom is -0.366 e. The molecule has 0 saturated carbocycles. The summed E-state index contributed by atoms with van der Waals surface area (Å²) < 4.78 is 5.78. The first-order chi connectivity index (χ1) is 8.83. The number of benzene rings is 1. The Balaban J connectivity index is 2.11. The standard InChI is InChI=1S/C15H22N2O/c1-2-18-14(13-9-5-3-6-10-13)15(16)17-11-7-4-8-12-17/h3,5-6,9-10,14,16H,2,4,7-8,11-12H2,1H3. The molecule has 18 heavy (non-hydrogen) atoms. The normalized spacial score (nSPS) is 17.5. The largest absolute Gasteiger partial charge is 0.366 e. The Bertz CT molecular complexity index is 371. The molecule has 1 N–H and O–H groups in total. The van der Waals surface area contributed by atoms with Gasteiger partial charge in [-0.2, -0.15) is 0 Å². The van der Waals surface area contributed by atoms with Gasteiger partial charge in [0.1, 0.15) is 11.9 Å². The van der Waals surface area contributed by atoms with E-state index in [1.165, 1.54) is 19.3 Å². The van der Waals surface area contributed by atoms with Gasteiger partial charge in [-0.05, 0) is 31.7 Å². The average Bonchev–Trinajstić information content (AvgIpc) is 2.46. The molecule has 1 saturated heterocycles. The molecule has 1 atom stereocenters. The quantitative estimate of drug-likeness (QED) is 0.654. The molecule has 1 heterocycles. The molecule has 2 rings (SSSR count). The van der Waals surface area contributed by atoms with Gasteiger partial charge in [-0.25, -0.2) is 0 Å². The second kappa shape index (κ2) is 6.55. The van der Waals surface area contributed by atoms with Gasteiger partial charge >= 0.3 is 0 Å². The molecule has 0 spiro atoms. The highest BCUT2D eigenvalue weighted by Gasteiger charge is 2.23. The molecular formula is C15H22N2O. The van der Waals surface area contributed by atoms with E-state index in [1.54, 1.807) is 0 Å². The molecule has 1 aliphatic rings. The third-order valence-electron chi connectivity index (χ3n) is 3.38. The molecule has 1 fully saturated rings. The Morgan fingerprint density at radius 1 is 1.22 bits per heavy atom. The van der Waals surface area contributed by atoms with Crippen LogP contribution in [0.2, 0.25) is 0 Å². The molecule has 1 unspecified atom stereocenters. The first-order valence-electron chi connectivity index (χ1n) is 6.83. The number of piperidine rings is 1. The van der Waals surface area contributed by atoms with Crippen LogP contribution >= 0.6 is 0 Å². The smallest absolute Gasteiger partial charge is 0.139 e. The zero-order valence-corrected chi connectivity index (χ0v) is 11.1. The first kappa shape index (κ1) is 13.1. The van der Waals surface area contributed by atoms with Crippen molar-refractivity contribution in [2.45, 2.75) is 32.3 Å². The van der Waals surface area contributed by atoms with Gasteiger partial charge in [0, 0.05) is 19.7 Å². The predicted molar refractivity (Wildman–Crippen MR) is 74.0 cm³/mol. The fourth-order valence-corrected chi connectivity index (χ4v) is 2.43. The molecule has 3 nitrogen and oxygen atoms in total. The predicted octanol–water partition coefficient (Wildman–Crippen LogP) is 3.23. The molecule has 1 aromatic rings. The molecule has 98 valence electrons. The highest BCUT2D eigenvalue weighted by molar-refractivity contribution is 5.85. The van der Waals surface area contributed by atoms with Gasteiger partial charge in [-0.3, -0.25) is 5.41 Å². The summed E-state index contributed by atoms with van der Waals surface area (Å²) in [5.74, 6) is 0.614. The van der Waals surface area contributed by atoms with Crippen molar-refractivity contribution in [3.63, 3.8) is 0 Å². The van der Waals surface area contributed by atoms with E-state index in [9.17, 15) is 0 Å². The maximum atomic E-state index is 8.38. The van der Waals surface area contributed by atoms with Crippen molar-refractivity contribution in [2.24, 2.45) is 0 Å². The van der Waals surface area contributed by atoms with Crippen LogP contribution in [0.5, 0.6) is 0 Å². The summed E-state index contributed by atoms with van der Waals surface area (Å²) in [6, 6.07) is 10.1. The van der Waals surface area contributed by atoms with E-state index in [0.717, 1.165) is 18.7 Å². The number of rotatable bonds is 4. The Kier molecular flexibility index (Phi) is 4.76. The van der Waals surface area contributed by atoms with E-state index in [-0.39, 0.29) is 6.10 Å². The minimum atomic E-state index is -0.214. The van der Waals surface area contributed by atoms with Gasteiger partial charge in [0.25, 0.3) is 0 Å². The number of ether oxygens (including phenoxy) is 1. The lowest BCUT2D eigenvalue weighted by Gasteiger charge is -2.32. The van der Waals surface area contributed by atoms with Gasteiger partial charge in [-0.1, -0.05) is 30.3 Å². The van der Waals surface area contributed by atoms with Crippen LogP contribution in [-0.4, -0.2) is 30.4 Å². The molecule has 0 amide bonds. The van der Waals surface area contributed by atoms with Crippen LogP contribution in [-0.2, 0) is 4.74 Å². The van der Waals surface area contributed by atoms with E-state index in [0.29, 0.717) is 12.4 Å². The Morgan fingerprint density at radius 3 is 2.50 bits per heavy atom. The van der Waals surface area contributed by atoms with Crippen LogP contribution in [0.15, 0.2) is 30.3 Å². The summed E-state index contributed by atoms with van der Waals surface area (Å²) in [4.78, 5) is 2.16. The molecule has 0 radical (unpaired) electrons. The van der Waals surface area contributed by atoms with Crippen molar-refractivity contribution in [1.82, 2.24) is 4.90 Å². The number of nitrogens with one attached hydrogen (secondary N) is 1. The second-order valence-electron chi connectivity index (χ2n) is 4.68. The molecule has 3 heteroatoms. The molecule has 0 bridgehead atoms. The summed E-state index contributed by atoms with van der Waals surface area (Å²) in [6.07, 6.45) is 3.45. The van der Waals surface area contributed by atoms with Crippen LogP contribution in [0.3, 0.4) is 0 Å². The summed E-state index contributed by atoms with van der Waals surface area (Å²) in [5.41, 5.74) is 1.08. The zero-order chi connectivity index (χ0) is 12.8. The number of likely N-dealkylation sites (tertiary alicyclic amines) is 1. The fourth-order valence-electron chi connectivity index (χ4n) is 2.43. The van der Waals surface area contributed by atoms with E-state index in [4.69, 9.17) is 10.1 Å². The van der Waals surface area contributed by atoms with Crippen LogP contribution in [0.4, 0.5) is 0 Å². The van der Waals surface area contributed by atoms with Gasteiger partial charge < -0.3 is 9.64 Å². The van der Waals surface area contributed by atoms with Crippen molar-refractivity contribution in [1.29, 1.82) is 5.41 Å². The third kappa shape index (κ3) is 3.10. The minimum absolute atomic E-state index is 0.214. The maximum absolute atomic E-state index is 8.38. The SMILES string of the molecule is CCOC(C(=N)N1CCCCC1)c1ccccc1. The Hall–Kier alpha value is -1.35. The average molecular weight is 246 g/mol. The van der Waals surface area contributed by atoms with Crippen molar-refractivity contribution in [2.75, 3.05) is 19.7 Å². The molecular weight excluding hydrogens is 224 g/mol. The van der Waals surface area contributed by atoms with Crippen LogP contribution in [0.1, 0.15) is 37.9 Å².